The van der Waals surface area contributed by atoms with Crippen molar-refractivity contribution in [2.75, 3.05) is 18.1 Å². The van der Waals surface area contributed by atoms with Crippen LogP contribution in [0, 0.1) is 24.5 Å². The highest BCUT2D eigenvalue weighted by molar-refractivity contribution is 7.92. The number of methoxy groups -OCH3 is 1. The molecule has 0 radical (unpaired) electrons. The van der Waals surface area contributed by atoms with E-state index < -0.39 is 87.7 Å². The Morgan fingerprint density at radius 3 is 2.45 bits per heavy atom. The van der Waals surface area contributed by atoms with Gasteiger partial charge in [0.05, 0.1) is 57.6 Å². The second kappa shape index (κ2) is 15.4. The lowest BCUT2D eigenvalue weighted by molar-refractivity contribution is -0.123. The van der Waals surface area contributed by atoms with Gasteiger partial charge in [0.15, 0.2) is 5.82 Å². The average Bonchev–Trinajstić information content (AvgIpc) is 3.75. The summed E-state index contributed by atoms with van der Waals surface area (Å²) in [5.41, 5.74) is -1.04. The lowest BCUT2D eigenvalue weighted by Gasteiger charge is -2.24. The average molecular weight is 926 g/mol. The molecule has 2 N–H and O–H groups in total. The normalized spacial score (nSPS) is 16.9. The Morgan fingerprint density at radius 1 is 1.03 bits per heavy atom. The minimum absolute atomic E-state index is 0.00882. The number of hydrogen-bond acceptors (Lipinski definition) is 9. The molecule has 4 heterocycles. The molecule has 0 aliphatic heterocycles. The molecule has 1 fully saturated rings. The molecule has 1 amide bonds. The molecule has 9 rings (SSSR count). The van der Waals surface area contributed by atoms with E-state index in [2.05, 4.69) is 25.2 Å². The third-order valence-corrected chi connectivity index (χ3v) is 12.1. The summed E-state index contributed by atoms with van der Waals surface area (Å²) in [5.74, 6) is -8.60. The van der Waals surface area contributed by atoms with E-state index in [0.29, 0.717) is 33.4 Å². The Bertz CT molecular complexity index is 3270. The van der Waals surface area contributed by atoms with E-state index in [-0.39, 0.29) is 61.7 Å². The van der Waals surface area contributed by atoms with Crippen LogP contribution in [0.5, 0.6) is 5.75 Å². The molecule has 4 aromatic heterocycles. The first-order valence-corrected chi connectivity index (χ1v) is 21.7. The van der Waals surface area contributed by atoms with Crippen LogP contribution in [0.2, 0.25) is 5.02 Å². The van der Waals surface area contributed by atoms with Gasteiger partial charge in [-0.1, -0.05) is 17.7 Å². The molecule has 0 saturated heterocycles. The van der Waals surface area contributed by atoms with Crippen LogP contribution in [0.15, 0.2) is 65.5 Å². The third kappa shape index (κ3) is 7.48. The largest absolute Gasteiger partial charge is 0.497 e. The Labute approximate surface area is 363 Å². The van der Waals surface area contributed by atoms with Gasteiger partial charge >= 0.3 is 0 Å². The summed E-state index contributed by atoms with van der Waals surface area (Å²) < 4.78 is 124. The van der Waals surface area contributed by atoms with Gasteiger partial charge in [-0.2, -0.15) is 19.0 Å². The second-order valence-corrected chi connectivity index (χ2v) is 17.9. The van der Waals surface area contributed by atoms with E-state index in [9.17, 15) is 30.8 Å². The highest BCUT2D eigenvalue weighted by atomic mass is 35.5. The summed E-state index contributed by atoms with van der Waals surface area (Å²) in [5, 5.41) is 10.8. The van der Waals surface area contributed by atoms with Crippen LogP contribution in [0.4, 0.5) is 32.2 Å². The Morgan fingerprint density at radius 2 is 1.77 bits per heavy atom. The van der Waals surface area contributed by atoms with Crippen molar-refractivity contribution in [3.63, 3.8) is 0 Å². The summed E-state index contributed by atoms with van der Waals surface area (Å²) in [4.78, 5) is 38.8. The van der Waals surface area contributed by atoms with Crippen molar-refractivity contribution < 1.29 is 44.3 Å². The zero-order valence-electron chi connectivity index (χ0n) is 33.9. The van der Waals surface area contributed by atoms with E-state index >= 15 is 13.6 Å². The van der Waals surface area contributed by atoms with Crippen molar-refractivity contribution in [3.05, 3.63) is 122 Å². The maximum atomic E-state index is 15.6. The fraction of sp³-hybridized carbons (Fsp3) is 0.286. The first kappa shape index (κ1) is 42.8. The number of aryl methyl sites for hydroxylation is 2. The molecule has 2 aliphatic carbocycles. The molecule has 2 aliphatic rings. The molecule has 7 aromatic rings. The number of hydrogen-bond donors (Lipinski definition) is 2. The lowest BCUT2D eigenvalue weighted by Crippen LogP contribution is -2.38. The predicted octanol–water partition coefficient (Wildman–Crippen LogP) is 7.40. The van der Waals surface area contributed by atoms with E-state index in [1.807, 2.05) is 0 Å². The number of benzene rings is 3. The summed E-state index contributed by atoms with van der Waals surface area (Å²) in [6, 6.07) is 11.9. The summed E-state index contributed by atoms with van der Waals surface area (Å²) in [6.07, 6.45) is -2.80. The lowest BCUT2D eigenvalue weighted by atomic mass is 10.0. The molecular weight excluding hydrogens is 892 g/mol. The smallest absolute Gasteiger partial charge is 0.293 e. The molecular formula is C42H34ClF6N9O5S. The van der Waals surface area contributed by atoms with Crippen molar-refractivity contribution in [3.8, 4) is 22.7 Å². The number of carbonyl (C=O) groups is 1. The van der Waals surface area contributed by atoms with Crippen molar-refractivity contribution in [1.29, 1.82) is 0 Å². The van der Waals surface area contributed by atoms with Crippen LogP contribution in [0.3, 0.4) is 0 Å². The van der Waals surface area contributed by atoms with Crippen molar-refractivity contribution in [1.82, 2.24) is 39.4 Å². The standard InChI is InChI=1S/C42H34ClF6N9O5S/c1-18-9-23(63-3)15-28(50-18)20-5-6-24-29(13-20)52-40(58(41(24)60)31-8-7-27(43)34-36(31)56(2)54-39(34)55-64(4,61)62)30(12-19-10-21(44)14-22(45)11-19)51-32(59)17-57-37-33(35(53-57)38(46)47)25-16-26(25)42(37,48)49/h5-11,13-15,25-26,30,38H,12,16-17H2,1-4H3,(H,51,59)(H,54,55)/t25-,26+,30-/m0/s1. The van der Waals surface area contributed by atoms with Gasteiger partial charge in [0.2, 0.25) is 15.9 Å². The number of rotatable bonds is 12. The topological polar surface area (TPSA) is 168 Å². The fourth-order valence-corrected chi connectivity index (χ4v) is 9.38. The molecule has 0 bridgehead atoms. The van der Waals surface area contributed by atoms with E-state index in [1.54, 1.807) is 31.2 Å². The van der Waals surface area contributed by atoms with Gasteiger partial charge in [0, 0.05) is 54.4 Å². The highest BCUT2D eigenvalue weighted by Crippen LogP contribution is 2.68. The van der Waals surface area contributed by atoms with E-state index in [4.69, 9.17) is 21.3 Å². The molecule has 14 nitrogen and oxygen atoms in total. The number of aromatic nitrogens is 7. The number of nitrogens with one attached hydrogen (secondary N) is 2. The van der Waals surface area contributed by atoms with Gasteiger partial charge in [-0.25, -0.2) is 31.0 Å². The quantitative estimate of drug-likeness (QED) is 0.119. The number of pyridine rings is 1. The maximum Gasteiger partial charge on any atom is 0.293 e. The summed E-state index contributed by atoms with van der Waals surface area (Å²) >= 11 is 6.64. The van der Waals surface area contributed by atoms with Gasteiger partial charge in [-0.15, -0.1) is 0 Å². The summed E-state index contributed by atoms with van der Waals surface area (Å²) in [7, 11) is -0.986. The third-order valence-electron chi connectivity index (χ3n) is 11.3. The molecule has 3 atom stereocenters. The fourth-order valence-electron chi connectivity index (χ4n) is 8.64. The number of amides is 1. The minimum Gasteiger partial charge on any atom is -0.497 e. The Kier molecular flexibility index (Phi) is 10.3. The Balaban J connectivity index is 1.27. The van der Waals surface area contributed by atoms with Crippen LogP contribution >= 0.6 is 11.6 Å². The number of anilines is 1. The molecule has 22 heteroatoms. The molecule has 64 heavy (non-hydrogen) atoms. The van der Waals surface area contributed by atoms with Crippen molar-refractivity contribution in [2.45, 2.75) is 50.6 Å². The first-order chi connectivity index (χ1) is 30.2. The zero-order chi connectivity index (χ0) is 45.7. The van der Waals surface area contributed by atoms with Crippen molar-refractivity contribution in [2.24, 2.45) is 13.0 Å². The molecule has 0 unspecified atom stereocenters. The van der Waals surface area contributed by atoms with E-state index in [0.717, 1.165) is 23.0 Å². The molecule has 1 saturated carbocycles. The monoisotopic (exact) mass is 925 g/mol. The van der Waals surface area contributed by atoms with Gasteiger partial charge in [0.1, 0.15) is 41.1 Å². The number of halogens is 7. The number of carbonyl (C=O) groups excluding carboxylic acids is 1. The summed E-state index contributed by atoms with van der Waals surface area (Å²) in [6.45, 7) is 0.761. The zero-order valence-corrected chi connectivity index (χ0v) is 35.5. The highest BCUT2D eigenvalue weighted by Gasteiger charge is 2.67. The number of alkyl halides is 4. The molecule has 3 aromatic carbocycles. The number of ether oxygens (including phenoxy) is 1. The van der Waals surface area contributed by atoms with Crippen LogP contribution in [-0.4, -0.2) is 61.8 Å². The van der Waals surface area contributed by atoms with Crippen LogP contribution in [-0.2, 0) is 40.8 Å². The maximum absolute atomic E-state index is 15.6. The minimum atomic E-state index is -3.92. The van der Waals surface area contributed by atoms with Gasteiger partial charge < -0.3 is 10.1 Å². The van der Waals surface area contributed by atoms with Gasteiger partial charge in [-0.3, -0.25) is 33.2 Å². The van der Waals surface area contributed by atoms with Crippen molar-refractivity contribution >= 4 is 55.2 Å². The first-order valence-electron chi connectivity index (χ1n) is 19.5. The predicted molar refractivity (Wildman–Crippen MR) is 222 cm³/mol. The SMILES string of the molecule is COc1cc(C)nc(-c2ccc3c(=O)n(-c4ccc(Cl)c5c(NS(C)(=O)=O)nn(C)c45)c([C@H](Cc4cc(F)cc(F)c4)NC(=O)Cn4nc(C(F)F)c5c4C(F)(F)[C@@H]4C[C@H]54)nc3c2)c1. The van der Waals surface area contributed by atoms with Crippen LogP contribution in [0.25, 0.3) is 38.8 Å². The Hall–Kier alpha value is -6.48. The molecule has 332 valence electrons. The van der Waals surface area contributed by atoms with Crippen LogP contribution in [0.1, 0.15) is 58.8 Å². The molecule has 0 spiro atoms. The second-order valence-electron chi connectivity index (χ2n) is 15.8. The van der Waals surface area contributed by atoms with Crippen LogP contribution < -0.4 is 20.3 Å². The van der Waals surface area contributed by atoms with E-state index in [1.165, 1.54) is 37.0 Å². The van der Waals surface area contributed by atoms with Gasteiger partial charge in [0.25, 0.3) is 17.9 Å². The number of nitrogens with zero attached hydrogens (tertiary/aromatic N) is 7. The number of sulfonamides is 1. The van der Waals surface area contributed by atoms with Gasteiger partial charge in [-0.05, 0) is 61.2 Å². The number of fused-ring (bicyclic) bond motifs is 5.